The largest absolute Gasteiger partial charge is 0.494 e. The van der Waals surface area contributed by atoms with Crippen LogP contribution in [0.5, 0.6) is 5.75 Å². The molecule has 0 saturated heterocycles. The molecule has 2 aromatic carbocycles. The van der Waals surface area contributed by atoms with Crippen molar-refractivity contribution in [3.05, 3.63) is 59.2 Å². The number of benzene rings is 2. The number of aryl methyl sites for hydroxylation is 2. The van der Waals surface area contributed by atoms with Gasteiger partial charge in [-0.2, -0.15) is 5.10 Å². The van der Waals surface area contributed by atoms with E-state index in [0.29, 0.717) is 12.3 Å². The molecule has 0 saturated carbocycles. The quantitative estimate of drug-likeness (QED) is 0.553. The molecule has 142 valence electrons. The molecular weight excluding hydrogens is 342 g/mol. The van der Waals surface area contributed by atoms with E-state index in [-0.39, 0.29) is 24.7 Å². The van der Waals surface area contributed by atoms with Crippen LogP contribution in [0.2, 0.25) is 0 Å². The Hall–Kier alpha value is -3.15. The summed E-state index contributed by atoms with van der Waals surface area (Å²) in [5.74, 6) is 0.210. The lowest BCUT2D eigenvalue weighted by molar-refractivity contribution is -0.124. The van der Waals surface area contributed by atoms with Crippen LogP contribution in [0.1, 0.15) is 36.5 Å². The minimum Gasteiger partial charge on any atom is -0.494 e. The van der Waals surface area contributed by atoms with Crippen molar-refractivity contribution in [3.8, 4) is 5.75 Å². The third kappa shape index (κ3) is 6.93. The summed E-state index contributed by atoms with van der Waals surface area (Å²) in [5, 5.41) is 6.70. The van der Waals surface area contributed by atoms with Crippen molar-refractivity contribution < 1.29 is 14.3 Å². The Kier molecular flexibility index (Phi) is 7.55. The summed E-state index contributed by atoms with van der Waals surface area (Å²) in [6.07, 6.45) is 1.75. The molecule has 0 fully saturated rings. The molecule has 0 spiro atoms. The second-order valence-corrected chi connectivity index (χ2v) is 6.16. The molecule has 0 radical (unpaired) electrons. The summed E-state index contributed by atoms with van der Waals surface area (Å²) in [5.41, 5.74) is 6.31. The van der Waals surface area contributed by atoms with Gasteiger partial charge < -0.3 is 10.1 Å². The molecule has 27 heavy (non-hydrogen) atoms. The highest BCUT2D eigenvalue weighted by molar-refractivity contribution is 5.93. The molecule has 6 heteroatoms. The lowest BCUT2D eigenvalue weighted by Crippen LogP contribution is -2.20. The lowest BCUT2D eigenvalue weighted by Gasteiger charge is -2.07. The van der Waals surface area contributed by atoms with Crippen LogP contribution in [0.15, 0.2) is 47.6 Å². The van der Waals surface area contributed by atoms with Gasteiger partial charge in [0.05, 0.1) is 12.8 Å². The van der Waals surface area contributed by atoms with Crippen LogP contribution in [-0.2, 0) is 9.59 Å². The number of hydrazone groups is 1. The van der Waals surface area contributed by atoms with Crippen molar-refractivity contribution in [2.24, 2.45) is 5.10 Å². The van der Waals surface area contributed by atoms with Crippen molar-refractivity contribution in [1.29, 1.82) is 0 Å². The maximum Gasteiger partial charge on any atom is 0.240 e. The van der Waals surface area contributed by atoms with Crippen molar-refractivity contribution in [3.63, 3.8) is 0 Å². The van der Waals surface area contributed by atoms with E-state index in [0.717, 1.165) is 16.9 Å². The van der Waals surface area contributed by atoms with Crippen LogP contribution >= 0.6 is 0 Å². The number of ether oxygens (including phenoxy) is 1. The minimum absolute atomic E-state index is 0.0626. The molecule has 0 aromatic heterocycles. The molecule has 2 N–H and O–H groups in total. The van der Waals surface area contributed by atoms with Crippen molar-refractivity contribution in [2.75, 3.05) is 11.9 Å². The topological polar surface area (TPSA) is 79.8 Å². The van der Waals surface area contributed by atoms with Gasteiger partial charge in [-0.25, -0.2) is 5.43 Å². The fraction of sp³-hybridized carbons (Fsp3) is 0.286. The van der Waals surface area contributed by atoms with E-state index in [1.54, 1.807) is 30.5 Å². The number of carbonyl (C=O) groups excluding carboxylic acids is 2. The third-order valence-electron chi connectivity index (χ3n) is 3.85. The monoisotopic (exact) mass is 367 g/mol. The van der Waals surface area contributed by atoms with E-state index in [1.807, 2.05) is 32.9 Å². The van der Waals surface area contributed by atoms with Crippen LogP contribution < -0.4 is 15.5 Å². The molecular formula is C21H25N3O3. The normalized spacial score (nSPS) is 10.6. The summed E-state index contributed by atoms with van der Waals surface area (Å²) >= 11 is 0. The van der Waals surface area contributed by atoms with Gasteiger partial charge in [0, 0.05) is 18.5 Å². The fourth-order valence-corrected chi connectivity index (χ4v) is 2.45. The highest BCUT2D eigenvalue weighted by Crippen LogP contribution is 2.15. The molecule has 2 aromatic rings. The average Bonchev–Trinajstić information content (AvgIpc) is 2.64. The van der Waals surface area contributed by atoms with Crippen LogP contribution in [0, 0.1) is 13.8 Å². The summed E-state index contributed by atoms with van der Waals surface area (Å²) in [6.45, 7) is 6.51. The second-order valence-electron chi connectivity index (χ2n) is 6.16. The Labute approximate surface area is 159 Å². The molecule has 0 aliphatic heterocycles. The van der Waals surface area contributed by atoms with Gasteiger partial charge in [-0.1, -0.05) is 23.8 Å². The Morgan fingerprint density at radius 3 is 2.41 bits per heavy atom. The van der Waals surface area contributed by atoms with Gasteiger partial charge in [0.2, 0.25) is 11.8 Å². The Morgan fingerprint density at radius 1 is 1.04 bits per heavy atom. The van der Waals surface area contributed by atoms with E-state index < -0.39 is 0 Å². The highest BCUT2D eigenvalue weighted by Gasteiger charge is 2.07. The Bertz CT molecular complexity index is 814. The molecule has 2 rings (SSSR count). The zero-order chi connectivity index (χ0) is 19.6. The Morgan fingerprint density at radius 2 is 1.74 bits per heavy atom. The molecule has 0 bridgehead atoms. The number of hydrogen-bond acceptors (Lipinski definition) is 4. The molecule has 6 nitrogen and oxygen atoms in total. The maximum atomic E-state index is 11.9. The van der Waals surface area contributed by atoms with Gasteiger partial charge in [0.25, 0.3) is 0 Å². The first kappa shape index (κ1) is 20.2. The zero-order valence-electron chi connectivity index (χ0n) is 15.9. The predicted molar refractivity (Wildman–Crippen MR) is 107 cm³/mol. The van der Waals surface area contributed by atoms with E-state index in [4.69, 9.17) is 4.74 Å². The number of carbonyl (C=O) groups is 2. The maximum absolute atomic E-state index is 11.9. The minimum atomic E-state index is -0.308. The molecule has 0 aliphatic rings. The van der Waals surface area contributed by atoms with Gasteiger partial charge in [-0.15, -0.1) is 0 Å². The first-order chi connectivity index (χ1) is 13.0. The number of nitrogens with zero attached hydrogens (tertiary/aromatic N) is 1. The smallest absolute Gasteiger partial charge is 0.240 e. The van der Waals surface area contributed by atoms with Crippen LogP contribution in [0.3, 0.4) is 0 Å². The second kappa shape index (κ2) is 10.1. The SMILES string of the molecule is CCOc1ccc(NC(=O)CCC(=O)N/N=C\c2ccc(C)cc2C)cc1. The van der Waals surface area contributed by atoms with Gasteiger partial charge in [0.15, 0.2) is 0 Å². The fourth-order valence-electron chi connectivity index (χ4n) is 2.45. The third-order valence-corrected chi connectivity index (χ3v) is 3.85. The van der Waals surface area contributed by atoms with Gasteiger partial charge in [-0.3, -0.25) is 9.59 Å². The van der Waals surface area contributed by atoms with Crippen molar-refractivity contribution in [2.45, 2.75) is 33.6 Å². The van der Waals surface area contributed by atoms with Crippen molar-refractivity contribution in [1.82, 2.24) is 5.43 Å². The summed E-state index contributed by atoms with van der Waals surface area (Å²) in [4.78, 5) is 23.8. The number of amides is 2. The van der Waals surface area contributed by atoms with E-state index in [2.05, 4.69) is 21.9 Å². The standard InChI is InChI=1S/C21H25N3O3/c1-4-27-19-9-7-18(8-10-19)23-20(25)11-12-21(26)24-22-14-17-6-5-15(2)13-16(17)3/h5-10,13-14H,4,11-12H2,1-3H3,(H,23,25)(H,24,26)/b22-14-. The average molecular weight is 367 g/mol. The van der Waals surface area contributed by atoms with Gasteiger partial charge in [0.1, 0.15) is 5.75 Å². The van der Waals surface area contributed by atoms with Crippen LogP contribution in [0.25, 0.3) is 0 Å². The number of rotatable bonds is 8. The first-order valence-corrected chi connectivity index (χ1v) is 8.90. The molecule has 2 amide bonds. The highest BCUT2D eigenvalue weighted by atomic mass is 16.5. The molecule has 0 aliphatic carbocycles. The number of nitrogens with one attached hydrogen (secondary N) is 2. The summed E-state index contributed by atoms with van der Waals surface area (Å²) < 4.78 is 5.35. The predicted octanol–water partition coefficient (Wildman–Crippen LogP) is 3.57. The lowest BCUT2D eigenvalue weighted by atomic mass is 10.1. The Balaban J connectivity index is 1.74. The molecule has 0 unspecified atom stereocenters. The number of anilines is 1. The molecule has 0 heterocycles. The summed E-state index contributed by atoms with van der Waals surface area (Å²) in [6, 6.07) is 13.1. The summed E-state index contributed by atoms with van der Waals surface area (Å²) in [7, 11) is 0. The molecule has 0 atom stereocenters. The van der Waals surface area contributed by atoms with E-state index in [9.17, 15) is 9.59 Å². The van der Waals surface area contributed by atoms with Gasteiger partial charge in [-0.05, 0) is 56.2 Å². The van der Waals surface area contributed by atoms with E-state index >= 15 is 0 Å². The van der Waals surface area contributed by atoms with Crippen molar-refractivity contribution >= 4 is 23.7 Å². The van der Waals surface area contributed by atoms with Crippen LogP contribution in [-0.4, -0.2) is 24.6 Å². The van der Waals surface area contributed by atoms with Gasteiger partial charge >= 0.3 is 0 Å². The first-order valence-electron chi connectivity index (χ1n) is 8.90. The zero-order valence-corrected chi connectivity index (χ0v) is 15.9. The van der Waals surface area contributed by atoms with E-state index in [1.165, 1.54) is 5.56 Å². The number of hydrogen-bond donors (Lipinski definition) is 2. The van der Waals surface area contributed by atoms with Crippen LogP contribution in [0.4, 0.5) is 5.69 Å².